The zero-order valence-corrected chi connectivity index (χ0v) is 22.1. The molecule has 0 saturated heterocycles. The van der Waals surface area contributed by atoms with E-state index in [1.165, 1.54) is 0 Å². The molecule has 42 heavy (non-hydrogen) atoms. The quantitative estimate of drug-likeness (QED) is 0.162. The number of benzene rings is 7. The van der Waals surface area contributed by atoms with Crippen LogP contribution in [0.25, 0.3) is 77.3 Å². The summed E-state index contributed by atoms with van der Waals surface area (Å²) in [6.45, 7) is 0. The van der Waals surface area contributed by atoms with Crippen LogP contribution in [0.5, 0.6) is 0 Å². The summed E-state index contributed by atoms with van der Waals surface area (Å²) >= 11 is 0. The minimum absolute atomic E-state index is 0.0254. The Labute approximate surface area is 260 Å². The summed E-state index contributed by atoms with van der Waals surface area (Å²) in [5, 5.41) is -0.718. The number of rotatable bonds is 4. The molecule has 8 aromatic rings. The Bertz CT molecular complexity index is 2770. The molecule has 0 atom stereocenters. The van der Waals surface area contributed by atoms with Crippen molar-refractivity contribution in [2.24, 2.45) is 0 Å². The van der Waals surface area contributed by atoms with Crippen LogP contribution < -0.4 is 0 Å². The number of hydrogen-bond acceptors (Lipinski definition) is 2. The third-order valence-electron chi connectivity index (χ3n) is 7.23. The number of hydrogen-bond donors (Lipinski definition) is 0. The van der Waals surface area contributed by atoms with Gasteiger partial charge in [-0.25, -0.2) is 9.97 Å². The van der Waals surface area contributed by atoms with E-state index in [1.807, 2.05) is 66.7 Å². The van der Waals surface area contributed by atoms with Crippen LogP contribution in [0.15, 0.2) is 157 Å². The molecule has 7 aromatic carbocycles. The van der Waals surface area contributed by atoms with Gasteiger partial charge in [0, 0.05) is 16.7 Å². The lowest BCUT2D eigenvalue weighted by atomic mass is 9.89. The highest BCUT2D eigenvalue weighted by atomic mass is 14.9. The van der Waals surface area contributed by atoms with E-state index in [0.717, 1.165) is 11.1 Å². The van der Waals surface area contributed by atoms with E-state index in [9.17, 15) is 2.74 Å². The lowest BCUT2D eigenvalue weighted by Crippen LogP contribution is -1.96. The van der Waals surface area contributed by atoms with E-state index < -0.39 is 66.5 Å². The molecule has 0 aliphatic carbocycles. The second-order valence-corrected chi connectivity index (χ2v) is 9.77. The van der Waals surface area contributed by atoms with Gasteiger partial charge in [0.25, 0.3) is 0 Å². The lowest BCUT2D eigenvalue weighted by molar-refractivity contribution is 1.18. The second kappa shape index (κ2) is 10.1. The third-order valence-corrected chi connectivity index (χ3v) is 7.23. The summed E-state index contributed by atoms with van der Waals surface area (Å²) in [4.78, 5) is 9.74. The molecule has 8 rings (SSSR count). The fourth-order valence-corrected chi connectivity index (χ4v) is 5.23. The molecule has 0 aliphatic rings. The molecule has 2 heteroatoms. The predicted molar refractivity (Wildman–Crippen MR) is 176 cm³/mol. The van der Waals surface area contributed by atoms with Crippen LogP contribution in [0.3, 0.4) is 0 Å². The Hall–Kier alpha value is -5.60. The van der Waals surface area contributed by atoms with Crippen molar-refractivity contribution in [2.75, 3.05) is 0 Å². The molecule has 0 amide bonds. The Balaban J connectivity index is 1.45. The maximum absolute atomic E-state index is 9.31. The molecule has 0 saturated carbocycles. The van der Waals surface area contributed by atoms with Crippen molar-refractivity contribution in [1.82, 2.24) is 9.97 Å². The normalized spacial score (nSPS) is 15.0. The van der Waals surface area contributed by atoms with Crippen LogP contribution in [0.2, 0.25) is 0 Å². The summed E-state index contributed by atoms with van der Waals surface area (Å²) < 4.78 is 96.3. The summed E-state index contributed by atoms with van der Waals surface area (Å²) in [6, 6.07) is 22.6. The summed E-state index contributed by atoms with van der Waals surface area (Å²) in [6.07, 6.45) is 0. The minimum atomic E-state index is -0.588. The van der Waals surface area contributed by atoms with Gasteiger partial charge in [-0.3, -0.25) is 0 Å². The minimum Gasteiger partial charge on any atom is -0.228 e. The molecule has 0 fully saturated rings. The Kier molecular flexibility index (Phi) is 3.71. The average molecular weight is 546 g/mol. The number of aromatic nitrogens is 2. The van der Waals surface area contributed by atoms with Gasteiger partial charge in [0.1, 0.15) is 0 Å². The standard InChI is InChI=1S/C40H26N2/c1-3-12-28(13-4-1)37-26-38(42-40(41-37)31-14-5-2-6-15-31)29-19-21-30(22-20-29)39-34-18-10-8-16-32(34)25-36-33-17-9-7-11-27(33)23-24-35(36)39/h1-26H/i7D,8D,9D,10D,11D,16D,17D,18D,23D,24D,25D. The fourth-order valence-electron chi connectivity index (χ4n) is 5.23. The monoisotopic (exact) mass is 545 g/mol. The van der Waals surface area contributed by atoms with Crippen molar-refractivity contribution >= 4 is 32.3 Å². The molecule has 196 valence electrons. The van der Waals surface area contributed by atoms with E-state index >= 15 is 0 Å². The predicted octanol–water partition coefficient (Wildman–Crippen LogP) is 10.6. The Morgan fingerprint density at radius 3 is 1.71 bits per heavy atom. The van der Waals surface area contributed by atoms with Crippen LogP contribution in [0.1, 0.15) is 15.1 Å². The molecule has 0 aliphatic heterocycles. The molecule has 2 nitrogen and oxygen atoms in total. The van der Waals surface area contributed by atoms with Crippen LogP contribution in [0, 0.1) is 0 Å². The van der Waals surface area contributed by atoms with E-state index in [4.69, 9.17) is 22.3 Å². The van der Waals surface area contributed by atoms with Gasteiger partial charge < -0.3 is 0 Å². The first kappa shape index (κ1) is 15.4. The average Bonchev–Trinajstić information content (AvgIpc) is 3.19. The van der Waals surface area contributed by atoms with E-state index in [2.05, 4.69) is 0 Å². The molecule has 0 unspecified atom stereocenters. The van der Waals surface area contributed by atoms with Crippen LogP contribution in [-0.4, -0.2) is 9.97 Å². The zero-order valence-electron chi connectivity index (χ0n) is 33.1. The summed E-state index contributed by atoms with van der Waals surface area (Å²) in [5.74, 6) is 0.517. The van der Waals surface area contributed by atoms with Gasteiger partial charge in [-0.15, -0.1) is 0 Å². The molecule has 0 radical (unpaired) electrons. The van der Waals surface area contributed by atoms with Gasteiger partial charge in [-0.1, -0.05) is 145 Å². The summed E-state index contributed by atoms with van der Waals surface area (Å²) in [5.41, 5.74) is 4.29. The SMILES string of the molecule is [2H]c1c([2H])c([2H])c2c([2H])c3c(c([2H])c([2H])c4c([2H])c([2H])c([2H])c([2H])c43)c(-c3ccc(-c4cc(-c5ccccc5)nc(-c5ccccc5)n4)cc3)c2c1[2H]. The second-order valence-electron chi connectivity index (χ2n) is 9.77. The highest BCUT2D eigenvalue weighted by Gasteiger charge is 2.14. The molecule has 0 bridgehead atoms. The van der Waals surface area contributed by atoms with Gasteiger partial charge in [-0.2, -0.15) is 0 Å². The third kappa shape index (κ3) is 4.22. The molecular formula is C40H26N2. The molecule has 1 heterocycles. The van der Waals surface area contributed by atoms with E-state index in [1.54, 1.807) is 24.3 Å². The van der Waals surface area contributed by atoms with Crippen molar-refractivity contribution in [1.29, 1.82) is 0 Å². The maximum atomic E-state index is 9.31. The number of fused-ring (bicyclic) bond motifs is 4. The first-order valence-corrected chi connectivity index (χ1v) is 13.4. The van der Waals surface area contributed by atoms with Crippen molar-refractivity contribution in [3.05, 3.63) is 157 Å². The summed E-state index contributed by atoms with van der Waals surface area (Å²) in [7, 11) is 0. The zero-order chi connectivity index (χ0) is 37.5. The highest BCUT2D eigenvalue weighted by Crippen LogP contribution is 2.40. The first-order valence-electron chi connectivity index (χ1n) is 18.9. The Morgan fingerprint density at radius 1 is 0.429 bits per heavy atom. The van der Waals surface area contributed by atoms with Crippen molar-refractivity contribution in [3.8, 4) is 45.0 Å². The van der Waals surface area contributed by atoms with Crippen molar-refractivity contribution < 1.29 is 15.1 Å². The van der Waals surface area contributed by atoms with Crippen molar-refractivity contribution in [2.45, 2.75) is 0 Å². The van der Waals surface area contributed by atoms with Gasteiger partial charge in [0.05, 0.1) is 26.5 Å². The topological polar surface area (TPSA) is 25.8 Å². The van der Waals surface area contributed by atoms with Gasteiger partial charge in [0.15, 0.2) is 5.82 Å². The molecular weight excluding hydrogens is 508 g/mol. The molecule has 0 spiro atoms. The number of nitrogens with zero attached hydrogens (tertiary/aromatic N) is 2. The lowest BCUT2D eigenvalue weighted by Gasteiger charge is -2.15. The highest BCUT2D eigenvalue weighted by molar-refractivity contribution is 6.20. The molecule has 1 aromatic heterocycles. The Morgan fingerprint density at radius 2 is 1.00 bits per heavy atom. The van der Waals surface area contributed by atoms with Crippen LogP contribution in [0.4, 0.5) is 0 Å². The fraction of sp³-hybridized carbons (Fsp3) is 0. The van der Waals surface area contributed by atoms with Gasteiger partial charge in [0.2, 0.25) is 0 Å². The van der Waals surface area contributed by atoms with E-state index in [-0.39, 0.29) is 37.9 Å². The largest absolute Gasteiger partial charge is 0.228 e. The van der Waals surface area contributed by atoms with Gasteiger partial charge >= 0.3 is 0 Å². The van der Waals surface area contributed by atoms with Crippen molar-refractivity contribution in [3.63, 3.8) is 0 Å². The smallest absolute Gasteiger partial charge is 0.160 e. The maximum Gasteiger partial charge on any atom is 0.160 e. The van der Waals surface area contributed by atoms with E-state index in [0.29, 0.717) is 28.3 Å². The first-order chi connectivity index (χ1) is 25.4. The van der Waals surface area contributed by atoms with Crippen LogP contribution >= 0.6 is 0 Å². The van der Waals surface area contributed by atoms with Crippen LogP contribution in [-0.2, 0) is 0 Å². The molecule has 0 N–H and O–H groups in total. The van der Waals surface area contributed by atoms with Gasteiger partial charge in [-0.05, 0) is 55.6 Å².